The van der Waals surface area contributed by atoms with Crippen molar-refractivity contribution >= 4 is 17.5 Å². The van der Waals surface area contributed by atoms with Gasteiger partial charge in [-0.25, -0.2) is 4.90 Å². The van der Waals surface area contributed by atoms with Crippen LogP contribution < -0.4 is 4.90 Å². The molecule has 1 saturated carbocycles. The normalized spacial score (nSPS) is 30.6. The van der Waals surface area contributed by atoms with E-state index in [1.165, 1.54) is 4.90 Å². The van der Waals surface area contributed by atoms with Crippen LogP contribution in [0.5, 0.6) is 0 Å². The van der Waals surface area contributed by atoms with Crippen molar-refractivity contribution in [3.8, 4) is 0 Å². The van der Waals surface area contributed by atoms with E-state index in [0.717, 1.165) is 30.5 Å². The molecule has 0 spiro atoms. The molecule has 1 heterocycles. The minimum Gasteiger partial charge on any atom is -0.274 e. The number of fused-ring (bicyclic) bond motifs is 1. The van der Waals surface area contributed by atoms with Gasteiger partial charge in [0.1, 0.15) is 0 Å². The first-order chi connectivity index (χ1) is 9.09. The summed E-state index contributed by atoms with van der Waals surface area (Å²) in [7, 11) is 0. The van der Waals surface area contributed by atoms with Crippen LogP contribution in [0.4, 0.5) is 5.69 Å². The van der Waals surface area contributed by atoms with Crippen molar-refractivity contribution in [3.05, 3.63) is 29.8 Å². The number of carbonyl (C=O) groups is 2. The first kappa shape index (κ1) is 12.4. The molecule has 3 nitrogen and oxygen atoms in total. The second-order valence-electron chi connectivity index (χ2n) is 5.93. The predicted octanol–water partition coefficient (Wildman–Crippen LogP) is 2.92. The lowest BCUT2D eigenvalue weighted by Crippen LogP contribution is -2.31. The number of nitrogens with zero attached hydrogens (tertiary/aromatic N) is 1. The fourth-order valence-corrected chi connectivity index (χ4v) is 3.44. The van der Waals surface area contributed by atoms with Crippen LogP contribution in [-0.2, 0) is 9.59 Å². The monoisotopic (exact) mass is 257 g/mol. The average molecular weight is 257 g/mol. The van der Waals surface area contributed by atoms with Gasteiger partial charge in [-0.1, -0.05) is 25.1 Å². The van der Waals surface area contributed by atoms with Crippen molar-refractivity contribution in [3.63, 3.8) is 0 Å². The molecule has 2 amide bonds. The number of rotatable bonds is 1. The van der Waals surface area contributed by atoms with E-state index in [4.69, 9.17) is 0 Å². The Hall–Kier alpha value is -1.64. The molecule has 0 aromatic heterocycles. The van der Waals surface area contributed by atoms with Gasteiger partial charge in [0.25, 0.3) is 0 Å². The molecule has 1 aromatic rings. The molecular formula is C16H19NO2. The Kier molecular flexibility index (Phi) is 2.92. The summed E-state index contributed by atoms with van der Waals surface area (Å²) in [6.45, 7) is 4.12. The zero-order valence-electron chi connectivity index (χ0n) is 11.4. The summed E-state index contributed by atoms with van der Waals surface area (Å²) in [5.41, 5.74) is 1.75. The van der Waals surface area contributed by atoms with Crippen molar-refractivity contribution in [2.45, 2.75) is 33.1 Å². The number of anilines is 1. The van der Waals surface area contributed by atoms with Crippen molar-refractivity contribution in [2.24, 2.45) is 17.8 Å². The summed E-state index contributed by atoms with van der Waals surface area (Å²) in [4.78, 5) is 26.5. The second-order valence-corrected chi connectivity index (χ2v) is 5.93. The lowest BCUT2D eigenvalue weighted by Gasteiger charge is -2.25. The van der Waals surface area contributed by atoms with Crippen LogP contribution in [0.2, 0.25) is 0 Å². The highest BCUT2D eigenvalue weighted by atomic mass is 16.2. The summed E-state index contributed by atoms with van der Waals surface area (Å²) in [5, 5.41) is 0. The Balaban J connectivity index is 1.98. The molecule has 1 saturated heterocycles. The molecule has 0 N–H and O–H groups in total. The highest BCUT2D eigenvalue weighted by Gasteiger charge is 2.50. The molecule has 3 rings (SSSR count). The zero-order valence-corrected chi connectivity index (χ0v) is 11.4. The lowest BCUT2D eigenvalue weighted by atomic mass is 9.76. The molecule has 100 valence electrons. The third-order valence-corrected chi connectivity index (χ3v) is 4.54. The maximum absolute atomic E-state index is 12.6. The smallest absolute Gasteiger partial charge is 0.237 e. The zero-order chi connectivity index (χ0) is 13.6. The Morgan fingerprint density at radius 1 is 1.05 bits per heavy atom. The van der Waals surface area contributed by atoms with Gasteiger partial charge in [0.15, 0.2) is 0 Å². The van der Waals surface area contributed by atoms with E-state index < -0.39 is 0 Å². The Morgan fingerprint density at radius 2 is 1.74 bits per heavy atom. The maximum Gasteiger partial charge on any atom is 0.237 e. The van der Waals surface area contributed by atoms with Crippen LogP contribution in [0, 0.1) is 24.7 Å². The van der Waals surface area contributed by atoms with Gasteiger partial charge in [-0.3, -0.25) is 9.59 Å². The number of amides is 2. The summed E-state index contributed by atoms with van der Waals surface area (Å²) in [5.74, 6) is 0.404. The molecule has 0 bridgehead atoms. The molecule has 3 atom stereocenters. The van der Waals surface area contributed by atoms with Crippen molar-refractivity contribution in [1.29, 1.82) is 0 Å². The van der Waals surface area contributed by atoms with Gasteiger partial charge in [0, 0.05) is 0 Å². The standard InChI is InChI=1S/C16H19NO2/c1-10-7-8-12-13(9-10)16(19)17(15(12)18)14-6-4-3-5-11(14)2/h3-6,10,12-13H,7-9H2,1-2H3/t10-,12-,13+/m0/s1. The van der Waals surface area contributed by atoms with E-state index in [2.05, 4.69) is 6.92 Å². The van der Waals surface area contributed by atoms with Crippen LogP contribution in [0.15, 0.2) is 24.3 Å². The average Bonchev–Trinajstić information content (AvgIpc) is 2.63. The van der Waals surface area contributed by atoms with Crippen LogP contribution >= 0.6 is 0 Å². The van der Waals surface area contributed by atoms with Gasteiger partial charge in [-0.05, 0) is 43.7 Å². The molecule has 0 unspecified atom stereocenters. The fraction of sp³-hybridized carbons (Fsp3) is 0.500. The van der Waals surface area contributed by atoms with Gasteiger partial charge in [-0.2, -0.15) is 0 Å². The third-order valence-electron chi connectivity index (χ3n) is 4.54. The van der Waals surface area contributed by atoms with Crippen molar-refractivity contribution in [2.75, 3.05) is 4.90 Å². The topological polar surface area (TPSA) is 37.4 Å². The van der Waals surface area contributed by atoms with Gasteiger partial charge >= 0.3 is 0 Å². The Morgan fingerprint density at radius 3 is 2.47 bits per heavy atom. The number of aryl methyl sites for hydroxylation is 1. The summed E-state index contributed by atoms with van der Waals surface area (Å²) in [6, 6.07) is 7.62. The van der Waals surface area contributed by atoms with Crippen LogP contribution in [-0.4, -0.2) is 11.8 Å². The molecule has 2 aliphatic rings. The molecule has 2 fully saturated rings. The van der Waals surface area contributed by atoms with Gasteiger partial charge in [-0.15, -0.1) is 0 Å². The van der Waals surface area contributed by atoms with Crippen molar-refractivity contribution < 1.29 is 9.59 Å². The van der Waals surface area contributed by atoms with Gasteiger partial charge in [0.2, 0.25) is 11.8 Å². The minimum absolute atomic E-state index is 0.0100. The number of para-hydroxylation sites is 1. The number of benzene rings is 1. The minimum atomic E-state index is -0.0872. The predicted molar refractivity (Wildman–Crippen MR) is 73.7 cm³/mol. The number of hydrogen-bond acceptors (Lipinski definition) is 2. The second kappa shape index (κ2) is 4.48. The first-order valence-corrected chi connectivity index (χ1v) is 7.03. The molecule has 0 radical (unpaired) electrons. The van der Waals surface area contributed by atoms with E-state index in [0.29, 0.717) is 5.92 Å². The van der Waals surface area contributed by atoms with Crippen LogP contribution in [0.3, 0.4) is 0 Å². The quantitative estimate of drug-likeness (QED) is 0.725. The van der Waals surface area contributed by atoms with Crippen molar-refractivity contribution in [1.82, 2.24) is 0 Å². The molecule has 1 aliphatic carbocycles. The molecule has 1 aromatic carbocycles. The number of imide groups is 1. The highest BCUT2D eigenvalue weighted by Crippen LogP contribution is 2.42. The SMILES string of the molecule is Cc1ccccc1N1C(=O)[C@H]2CC[C@H](C)C[C@H]2C1=O. The lowest BCUT2D eigenvalue weighted by molar-refractivity contribution is -0.122. The van der Waals surface area contributed by atoms with E-state index in [9.17, 15) is 9.59 Å². The number of hydrogen-bond donors (Lipinski definition) is 0. The van der Waals surface area contributed by atoms with E-state index in [-0.39, 0.29) is 23.7 Å². The summed E-state index contributed by atoms with van der Waals surface area (Å²) >= 11 is 0. The van der Waals surface area contributed by atoms with E-state index >= 15 is 0 Å². The number of carbonyl (C=O) groups excluding carboxylic acids is 2. The largest absolute Gasteiger partial charge is 0.274 e. The third kappa shape index (κ3) is 1.88. The molecule has 3 heteroatoms. The fourth-order valence-electron chi connectivity index (χ4n) is 3.44. The molecule has 1 aliphatic heterocycles. The molecule has 19 heavy (non-hydrogen) atoms. The highest BCUT2D eigenvalue weighted by molar-refractivity contribution is 6.22. The summed E-state index contributed by atoms with van der Waals surface area (Å²) < 4.78 is 0. The molecular weight excluding hydrogens is 238 g/mol. The van der Waals surface area contributed by atoms with Gasteiger partial charge in [0.05, 0.1) is 17.5 Å². The van der Waals surface area contributed by atoms with Crippen LogP contribution in [0.25, 0.3) is 0 Å². The van der Waals surface area contributed by atoms with Gasteiger partial charge < -0.3 is 0 Å². The van der Waals surface area contributed by atoms with E-state index in [1.807, 2.05) is 31.2 Å². The summed E-state index contributed by atoms with van der Waals surface area (Å²) in [6.07, 6.45) is 2.78. The first-order valence-electron chi connectivity index (χ1n) is 7.03. The van der Waals surface area contributed by atoms with Crippen LogP contribution in [0.1, 0.15) is 31.7 Å². The Bertz CT molecular complexity index is 537. The van der Waals surface area contributed by atoms with E-state index in [1.54, 1.807) is 0 Å². The maximum atomic E-state index is 12.6. The Labute approximate surface area is 113 Å².